The van der Waals surface area contributed by atoms with Crippen molar-refractivity contribution >= 4 is 0 Å². The van der Waals surface area contributed by atoms with Crippen molar-refractivity contribution in [3.8, 4) is 0 Å². The van der Waals surface area contributed by atoms with Crippen molar-refractivity contribution in [2.45, 2.75) is 44.3 Å². The van der Waals surface area contributed by atoms with Crippen LogP contribution in [0.15, 0.2) is 0 Å². The summed E-state index contributed by atoms with van der Waals surface area (Å²) in [6, 6.07) is 0. The summed E-state index contributed by atoms with van der Waals surface area (Å²) in [5.74, 6) is 0. The van der Waals surface area contributed by atoms with E-state index in [2.05, 4.69) is 0 Å². The molecule has 1 aliphatic carbocycles. The Morgan fingerprint density at radius 3 is 2.38 bits per heavy atom. The van der Waals surface area contributed by atoms with Gasteiger partial charge in [-0.05, 0) is 12.8 Å². The molecule has 0 N–H and O–H groups in total. The van der Waals surface area contributed by atoms with Gasteiger partial charge in [0.25, 0.3) is 6.43 Å². The van der Waals surface area contributed by atoms with Crippen LogP contribution in [0.2, 0.25) is 0 Å². The fourth-order valence-corrected chi connectivity index (χ4v) is 1.72. The third kappa shape index (κ3) is 3.56. The standard InChI is InChI=1S/C9H16F2O2/c1-12-7-4-2-3-5-8(7)13-6-9(10)11/h7-9H,2-6H2,1H3. The average molecular weight is 194 g/mol. The second-order valence-electron chi connectivity index (χ2n) is 3.32. The number of alkyl halides is 2. The van der Waals surface area contributed by atoms with Crippen molar-refractivity contribution in [2.75, 3.05) is 13.7 Å². The molecule has 1 saturated carbocycles. The third-order valence-corrected chi connectivity index (χ3v) is 2.38. The minimum absolute atomic E-state index is 0.00694. The maximum Gasteiger partial charge on any atom is 0.261 e. The van der Waals surface area contributed by atoms with Crippen molar-refractivity contribution < 1.29 is 18.3 Å². The minimum atomic E-state index is -2.38. The van der Waals surface area contributed by atoms with E-state index in [0.717, 1.165) is 25.7 Å². The summed E-state index contributed by atoms with van der Waals surface area (Å²) in [6.45, 7) is -0.468. The molecule has 2 unspecified atom stereocenters. The Labute approximate surface area is 77.2 Å². The SMILES string of the molecule is COC1CCCCC1OCC(F)F. The third-order valence-electron chi connectivity index (χ3n) is 2.38. The predicted octanol–water partition coefficient (Wildman–Crippen LogP) is 2.23. The van der Waals surface area contributed by atoms with Crippen molar-refractivity contribution in [3.63, 3.8) is 0 Å². The second kappa shape index (κ2) is 5.50. The Balaban J connectivity index is 2.27. The van der Waals surface area contributed by atoms with Crippen LogP contribution in [0.5, 0.6) is 0 Å². The first kappa shape index (κ1) is 10.9. The van der Waals surface area contributed by atoms with Gasteiger partial charge in [-0.25, -0.2) is 8.78 Å². The number of ether oxygens (including phenoxy) is 2. The van der Waals surface area contributed by atoms with Crippen molar-refractivity contribution in [3.05, 3.63) is 0 Å². The molecule has 2 atom stereocenters. The molecule has 1 aliphatic rings. The van der Waals surface area contributed by atoms with E-state index in [9.17, 15) is 8.78 Å². The molecule has 13 heavy (non-hydrogen) atoms. The van der Waals surface area contributed by atoms with Gasteiger partial charge < -0.3 is 9.47 Å². The van der Waals surface area contributed by atoms with Gasteiger partial charge in [-0.2, -0.15) is 0 Å². The first-order valence-electron chi connectivity index (χ1n) is 4.66. The Morgan fingerprint density at radius 2 is 1.85 bits per heavy atom. The van der Waals surface area contributed by atoms with Crippen molar-refractivity contribution in [1.82, 2.24) is 0 Å². The fraction of sp³-hybridized carbons (Fsp3) is 1.00. The van der Waals surface area contributed by atoms with Crippen LogP contribution in [0.3, 0.4) is 0 Å². The lowest BCUT2D eigenvalue weighted by atomic mass is 9.94. The fourth-order valence-electron chi connectivity index (χ4n) is 1.72. The molecule has 4 heteroatoms. The molecule has 78 valence electrons. The highest BCUT2D eigenvalue weighted by atomic mass is 19.3. The van der Waals surface area contributed by atoms with E-state index in [4.69, 9.17) is 9.47 Å². The summed E-state index contributed by atoms with van der Waals surface area (Å²) < 4.78 is 33.9. The molecule has 0 spiro atoms. The number of hydrogen-bond acceptors (Lipinski definition) is 2. The zero-order valence-corrected chi connectivity index (χ0v) is 7.84. The number of hydrogen-bond donors (Lipinski definition) is 0. The van der Waals surface area contributed by atoms with Crippen LogP contribution in [0.1, 0.15) is 25.7 Å². The predicted molar refractivity (Wildman–Crippen MR) is 45.0 cm³/mol. The van der Waals surface area contributed by atoms with Crippen LogP contribution in [-0.4, -0.2) is 32.4 Å². The zero-order valence-electron chi connectivity index (χ0n) is 7.84. The largest absolute Gasteiger partial charge is 0.379 e. The first-order valence-corrected chi connectivity index (χ1v) is 4.66. The van der Waals surface area contributed by atoms with Gasteiger partial charge >= 0.3 is 0 Å². The molecule has 0 bridgehead atoms. The first-order chi connectivity index (χ1) is 6.24. The molecular formula is C9H16F2O2. The number of halogens is 2. The van der Waals surface area contributed by atoms with E-state index in [0.29, 0.717) is 0 Å². The van der Waals surface area contributed by atoms with Gasteiger partial charge in [0.15, 0.2) is 0 Å². The highest BCUT2D eigenvalue weighted by Crippen LogP contribution is 2.23. The molecule has 1 rings (SSSR count). The van der Waals surface area contributed by atoms with E-state index in [1.165, 1.54) is 0 Å². The molecule has 0 aromatic rings. The van der Waals surface area contributed by atoms with Crippen LogP contribution >= 0.6 is 0 Å². The summed E-state index contributed by atoms with van der Waals surface area (Å²) in [5.41, 5.74) is 0. The zero-order chi connectivity index (χ0) is 9.68. The van der Waals surface area contributed by atoms with Gasteiger partial charge in [-0.3, -0.25) is 0 Å². The molecule has 0 amide bonds. The second-order valence-corrected chi connectivity index (χ2v) is 3.32. The Morgan fingerprint density at radius 1 is 1.23 bits per heavy atom. The maximum atomic E-state index is 11.9. The van der Waals surface area contributed by atoms with Crippen molar-refractivity contribution in [2.24, 2.45) is 0 Å². The summed E-state index contributed by atoms with van der Waals surface area (Å²) in [5, 5.41) is 0. The van der Waals surface area contributed by atoms with Crippen LogP contribution in [0.4, 0.5) is 8.78 Å². The van der Waals surface area contributed by atoms with Gasteiger partial charge in [0, 0.05) is 7.11 Å². The van der Waals surface area contributed by atoms with E-state index in [-0.39, 0.29) is 12.2 Å². The highest BCUT2D eigenvalue weighted by Gasteiger charge is 2.26. The lowest BCUT2D eigenvalue weighted by Gasteiger charge is -2.30. The monoisotopic (exact) mass is 194 g/mol. The number of methoxy groups -OCH3 is 1. The molecule has 0 aliphatic heterocycles. The summed E-state index contributed by atoms with van der Waals surface area (Å²) in [4.78, 5) is 0. The summed E-state index contributed by atoms with van der Waals surface area (Å²) >= 11 is 0. The minimum Gasteiger partial charge on any atom is -0.379 e. The van der Waals surface area contributed by atoms with Gasteiger partial charge in [-0.1, -0.05) is 12.8 Å². The van der Waals surface area contributed by atoms with Gasteiger partial charge in [0.2, 0.25) is 0 Å². The van der Waals surface area contributed by atoms with E-state index in [1.807, 2.05) is 0 Å². The molecule has 1 fully saturated rings. The quantitative estimate of drug-likeness (QED) is 0.683. The van der Waals surface area contributed by atoms with Crippen LogP contribution < -0.4 is 0 Å². The van der Waals surface area contributed by atoms with Gasteiger partial charge in [0.1, 0.15) is 6.61 Å². The van der Waals surface area contributed by atoms with Gasteiger partial charge in [-0.15, -0.1) is 0 Å². The van der Waals surface area contributed by atoms with E-state index in [1.54, 1.807) is 7.11 Å². The molecule has 0 saturated heterocycles. The average Bonchev–Trinajstić information content (AvgIpc) is 2.15. The maximum absolute atomic E-state index is 11.9. The van der Waals surface area contributed by atoms with Gasteiger partial charge in [0.05, 0.1) is 12.2 Å². The molecule has 0 aromatic heterocycles. The highest BCUT2D eigenvalue weighted by molar-refractivity contribution is 4.76. The molecule has 0 heterocycles. The van der Waals surface area contributed by atoms with Crippen LogP contribution in [-0.2, 0) is 9.47 Å². The molecular weight excluding hydrogens is 178 g/mol. The molecule has 0 radical (unpaired) electrons. The summed E-state index contributed by atoms with van der Waals surface area (Å²) in [6.07, 6.45) is 1.41. The molecule has 0 aromatic carbocycles. The van der Waals surface area contributed by atoms with E-state index < -0.39 is 13.0 Å². The lowest BCUT2D eigenvalue weighted by Crippen LogP contribution is -2.35. The summed E-state index contributed by atoms with van der Waals surface area (Å²) in [7, 11) is 1.61. The van der Waals surface area contributed by atoms with Crippen LogP contribution in [0.25, 0.3) is 0 Å². The molecule has 2 nitrogen and oxygen atoms in total. The Bertz CT molecular complexity index is 142. The Hall–Kier alpha value is -0.220. The van der Waals surface area contributed by atoms with Crippen LogP contribution in [0, 0.1) is 0 Å². The normalized spacial score (nSPS) is 29.5. The lowest BCUT2D eigenvalue weighted by molar-refractivity contribution is -0.102. The number of rotatable bonds is 4. The topological polar surface area (TPSA) is 18.5 Å². The Kier molecular flexibility index (Phi) is 4.59. The van der Waals surface area contributed by atoms with E-state index >= 15 is 0 Å². The van der Waals surface area contributed by atoms with Crippen molar-refractivity contribution in [1.29, 1.82) is 0 Å². The smallest absolute Gasteiger partial charge is 0.261 e.